The van der Waals surface area contributed by atoms with E-state index in [0.717, 1.165) is 32.4 Å². The Balaban J connectivity index is 1.60. The van der Waals surface area contributed by atoms with Gasteiger partial charge >= 0.3 is 5.97 Å². The molecular weight excluding hydrogens is 373 g/mol. The van der Waals surface area contributed by atoms with Crippen LogP contribution in [0.1, 0.15) is 35.7 Å². The molecule has 3 aliphatic rings. The maximum Gasteiger partial charge on any atom is 0.341 e. The Morgan fingerprint density at radius 1 is 1.28 bits per heavy atom. The van der Waals surface area contributed by atoms with Gasteiger partial charge < -0.3 is 19.9 Å². The van der Waals surface area contributed by atoms with Gasteiger partial charge in [0.25, 0.3) is 0 Å². The molecule has 0 radical (unpaired) electrons. The molecule has 2 aliphatic carbocycles. The number of benzene rings is 1. The largest absolute Gasteiger partial charge is 0.477 e. The number of pyridine rings is 1. The molecule has 2 aromatic rings. The summed E-state index contributed by atoms with van der Waals surface area (Å²) in [6.45, 7) is 1.53. The van der Waals surface area contributed by atoms with Crippen molar-refractivity contribution >= 4 is 22.6 Å². The van der Waals surface area contributed by atoms with E-state index in [0.29, 0.717) is 23.0 Å². The van der Waals surface area contributed by atoms with Crippen LogP contribution in [0.25, 0.3) is 10.9 Å². The number of carboxylic acid groups (broad SMARTS) is 1. The second-order valence-corrected chi connectivity index (χ2v) is 8.44. The third kappa shape index (κ3) is 2.95. The van der Waals surface area contributed by atoms with Gasteiger partial charge in [-0.2, -0.15) is 0 Å². The fraction of sp³-hybridized carbons (Fsp3) is 0.455. The molecule has 1 saturated carbocycles. The molecule has 3 atom stereocenters. The fourth-order valence-electron chi connectivity index (χ4n) is 5.01. The van der Waals surface area contributed by atoms with Gasteiger partial charge in [0, 0.05) is 42.7 Å². The minimum atomic E-state index is -1.27. The normalized spacial score (nSPS) is 26.1. The number of rotatable bonds is 4. The number of halogens is 1. The van der Waals surface area contributed by atoms with E-state index in [1.165, 1.54) is 12.3 Å². The first-order valence-electron chi connectivity index (χ1n) is 10.2. The van der Waals surface area contributed by atoms with Crippen molar-refractivity contribution in [2.75, 3.05) is 25.0 Å². The molecule has 6 nitrogen and oxygen atoms in total. The van der Waals surface area contributed by atoms with E-state index in [1.54, 1.807) is 6.07 Å². The lowest BCUT2D eigenvalue weighted by Crippen LogP contribution is -2.38. The van der Waals surface area contributed by atoms with Crippen LogP contribution in [-0.2, 0) is 0 Å². The molecule has 2 fully saturated rings. The molecule has 3 unspecified atom stereocenters. The Morgan fingerprint density at radius 3 is 2.76 bits per heavy atom. The van der Waals surface area contributed by atoms with E-state index >= 15 is 4.39 Å². The third-order valence-corrected chi connectivity index (χ3v) is 6.68. The minimum absolute atomic E-state index is 0.143. The van der Waals surface area contributed by atoms with E-state index in [1.807, 2.05) is 11.6 Å². The van der Waals surface area contributed by atoms with Crippen molar-refractivity contribution in [3.63, 3.8) is 0 Å². The van der Waals surface area contributed by atoms with E-state index in [4.69, 9.17) is 0 Å². The standard InChI is InChI=1S/C22H24FN3O3/c1-24-18-4-2-3-12-9-25(10-15(12)18)20-8-19-14(7-17(20)23)21(27)16(22(28)29)11-26(19)13-5-6-13/h2,4,7-8,11-13,15,18,24H,3,5-6,9-10H2,1H3,(H,28,29). The first kappa shape index (κ1) is 18.4. The minimum Gasteiger partial charge on any atom is -0.477 e. The summed E-state index contributed by atoms with van der Waals surface area (Å²) in [5, 5.41) is 12.9. The second kappa shape index (κ2) is 6.69. The van der Waals surface area contributed by atoms with Crippen LogP contribution in [0, 0.1) is 17.7 Å². The molecule has 29 heavy (non-hydrogen) atoms. The van der Waals surface area contributed by atoms with Gasteiger partial charge in [-0.3, -0.25) is 4.79 Å². The molecule has 1 aliphatic heterocycles. The Bertz CT molecular complexity index is 1090. The summed E-state index contributed by atoms with van der Waals surface area (Å²) in [6.07, 6.45) is 8.68. The van der Waals surface area contributed by atoms with Crippen molar-refractivity contribution in [2.24, 2.45) is 11.8 Å². The van der Waals surface area contributed by atoms with Gasteiger partial charge in [-0.05, 0) is 44.4 Å². The summed E-state index contributed by atoms with van der Waals surface area (Å²) in [5.74, 6) is -0.857. The van der Waals surface area contributed by atoms with Crippen molar-refractivity contribution < 1.29 is 14.3 Å². The summed E-state index contributed by atoms with van der Waals surface area (Å²) >= 11 is 0. The number of nitrogens with one attached hydrogen (secondary N) is 1. The number of hydrogen-bond acceptors (Lipinski definition) is 4. The topological polar surface area (TPSA) is 74.6 Å². The summed E-state index contributed by atoms with van der Waals surface area (Å²) in [6, 6.07) is 3.43. The zero-order valence-corrected chi connectivity index (χ0v) is 16.3. The highest BCUT2D eigenvalue weighted by atomic mass is 19.1. The number of aromatic carboxylic acids is 1. The maximum absolute atomic E-state index is 15.1. The Hall–Kier alpha value is -2.67. The first-order valence-corrected chi connectivity index (χ1v) is 10.2. The molecule has 0 spiro atoms. The van der Waals surface area contributed by atoms with Gasteiger partial charge in [-0.1, -0.05) is 12.2 Å². The van der Waals surface area contributed by atoms with Gasteiger partial charge in [0.15, 0.2) is 0 Å². The number of nitrogens with zero attached hydrogens (tertiary/aromatic N) is 2. The van der Waals surface area contributed by atoms with Crippen LogP contribution in [-0.4, -0.2) is 41.8 Å². The number of hydrogen-bond donors (Lipinski definition) is 2. The highest BCUT2D eigenvalue weighted by molar-refractivity contribution is 5.93. The number of carbonyl (C=O) groups is 1. The lowest BCUT2D eigenvalue weighted by Gasteiger charge is -2.28. The van der Waals surface area contributed by atoms with E-state index in [-0.39, 0.29) is 23.0 Å². The summed E-state index contributed by atoms with van der Waals surface area (Å²) in [5.41, 5.74) is 0.201. The molecule has 7 heteroatoms. The van der Waals surface area contributed by atoms with Gasteiger partial charge in [-0.25, -0.2) is 9.18 Å². The maximum atomic E-state index is 15.1. The van der Waals surface area contributed by atoms with Crippen molar-refractivity contribution in [3.8, 4) is 0 Å². The zero-order chi connectivity index (χ0) is 20.3. The Labute approximate surface area is 167 Å². The van der Waals surface area contributed by atoms with Gasteiger partial charge in [0.1, 0.15) is 11.4 Å². The monoisotopic (exact) mass is 397 g/mol. The van der Waals surface area contributed by atoms with Gasteiger partial charge in [-0.15, -0.1) is 0 Å². The summed E-state index contributed by atoms with van der Waals surface area (Å²) < 4.78 is 17.0. The highest BCUT2D eigenvalue weighted by Gasteiger charge is 2.39. The average molecular weight is 397 g/mol. The Kier molecular flexibility index (Phi) is 4.24. The molecule has 5 rings (SSSR count). The second-order valence-electron chi connectivity index (χ2n) is 8.44. The van der Waals surface area contributed by atoms with Crippen molar-refractivity contribution in [2.45, 2.75) is 31.3 Å². The molecule has 1 aromatic heterocycles. The Morgan fingerprint density at radius 2 is 2.07 bits per heavy atom. The van der Waals surface area contributed by atoms with Crippen LogP contribution < -0.4 is 15.6 Å². The number of carboxylic acids is 1. The predicted octanol–water partition coefficient (Wildman–Crippen LogP) is 2.77. The molecule has 2 N–H and O–H groups in total. The molecule has 0 bridgehead atoms. The van der Waals surface area contributed by atoms with Crippen LogP contribution in [0.2, 0.25) is 0 Å². The fourth-order valence-corrected chi connectivity index (χ4v) is 5.01. The number of fused-ring (bicyclic) bond motifs is 2. The molecule has 1 aromatic carbocycles. The lowest BCUT2D eigenvalue weighted by atomic mass is 9.82. The van der Waals surface area contributed by atoms with Crippen molar-refractivity contribution in [1.82, 2.24) is 9.88 Å². The number of anilines is 1. The van der Waals surface area contributed by atoms with Gasteiger partial charge in [0.2, 0.25) is 5.43 Å². The quantitative estimate of drug-likeness (QED) is 0.776. The molecule has 152 valence electrons. The van der Waals surface area contributed by atoms with Crippen LogP contribution in [0.15, 0.2) is 35.3 Å². The van der Waals surface area contributed by atoms with Crippen LogP contribution in [0.5, 0.6) is 0 Å². The van der Waals surface area contributed by atoms with E-state index in [9.17, 15) is 14.7 Å². The summed E-state index contributed by atoms with van der Waals surface area (Å²) in [7, 11) is 1.95. The predicted molar refractivity (Wildman–Crippen MR) is 109 cm³/mol. The van der Waals surface area contributed by atoms with Crippen LogP contribution in [0.4, 0.5) is 10.1 Å². The molecule has 2 heterocycles. The SMILES string of the molecule is CNC1C=CCC2CN(c3cc4c(cc3F)c(=O)c(C(=O)O)cn4C3CC3)CC21. The third-order valence-electron chi connectivity index (χ3n) is 6.68. The van der Waals surface area contributed by atoms with E-state index in [2.05, 4.69) is 22.4 Å². The number of likely N-dealkylation sites (N-methyl/N-ethyl adjacent to an activating group) is 1. The van der Waals surface area contributed by atoms with E-state index < -0.39 is 17.2 Å². The lowest BCUT2D eigenvalue weighted by molar-refractivity contribution is 0.0695. The number of allylic oxidation sites excluding steroid dienone is 1. The smallest absolute Gasteiger partial charge is 0.341 e. The van der Waals surface area contributed by atoms with Crippen LogP contribution >= 0.6 is 0 Å². The highest BCUT2D eigenvalue weighted by Crippen LogP contribution is 2.40. The first-order chi connectivity index (χ1) is 14.0. The van der Waals surface area contributed by atoms with Crippen molar-refractivity contribution in [3.05, 3.63) is 52.1 Å². The zero-order valence-electron chi connectivity index (χ0n) is 16.3. The number of aromatic nitrogens is 1. The summed E-state index contributed by atoms with van der Waals surface area (Å²) in [4.78, 5) is 26.2. The molecule has 1 saturated heterocycles. The molecular formula is C22H24FN3O3. The van der Waals surface area contributed by atoms with Crippen molar-refractivity contribution in [1.29, 1.82) is 0 Å². The van der Waals surface area contributed by atoms with Gasteiger partial charge in [0.05, 0.1) is 11.2 Å². The van der Waals surface area contributed by atoms with Crippen LogP contribution in [0.3, 0.4) is 0 Å². The molecule has 0 amide bonds. The average Bonchev–Trinajstić information content (AvgIpc) is 3.45.